The second-order valence-electron chi connectivity index (χ2n) is 7.27. The van der Waals surface area contributed by atoms with Gasteiger partial charge in [-0.3, -0.25) is 4.79 Å². The Morgan fingerprint density at radius 3 is 2.30 bits per heavy atom. The first-order valence-electron chi connectivity index (χ1n) is 10.3. The van der Waals surface area contributed by atoms with Crippen LogP contribution in [-0.4, -0.2) is 32.7 Å². The number of hydrogen-bond acceptors (Lipinski definition) is 6. The predicted molar refractivity (Wildman–Crippen MR) is 122 cm³/mol. The van der Waals surface area contributed by atoms with Gasteiger partial charge in [0.05, 0.1) is 12.1 Å². The normalized spacial score (nSPS) is 11.4. The molecular weight excluding hydrogens is 420 g/mol. The number of rotatable bonds is 8. The van der Waals surface area contributed by atoms with E-state index < -0.39 is 18.0 Å². The standard InChI is InChI=1S/C25H22N4O4/c1-18(32-25(31)20-9-7-19(8-10-20)15-29-17-26-16-27-29)24(30)28-21-11-13-23(14-12-21)33-22-5-3-2-4-6-22/h2-14,16-18H,15H2,1H3,(H,28,30). The van der Waals surface area contributed by atoms with Gasteiger partial charge in [-0.2, -0.15) is 5.10 Å². The fourth-order valence-corrected chi connectivity index (χ4v) is 3.00. The highest BCUT2D eigenvalue weighted by Crippen LogP contribution is 2.22. The molecule has 0 aliphatic heterocycles. The highest BCUT2D eigenvalue weighted by molar-refractivity contribution is 5.97. The molecule has 1 amide bonds. The lowest BCUT2D eigenvalue weighted by molar-refractivity contribution is -0.123. The monoisotopic (exact) mass is 442 g/mol. The molecule has 0 saturated carbocycles. The summed E-state index contributed by atoms with van der Waals surface area (Å²) in [4.78, 5) is 28.8. The Morgan fingerprint density at radius 1 is 0.939 bits per heavy atom. The van der Waals surface area contributed by atoms with E-state index in [1.807, 2.05) is 42.5 Å². The van der Waals surface area contributed by atoms with Crippen LogP contribution in [0.3, 0.4) is 0 Å². The van der Waals surface area contributed by atoms with E-state index in [2.05, 4.69) is 15.4 Å². The molecule has 4 rings (SSSR count). The Balaban J connectivity index is 1.28. The number of anilines is 1. The van der Waals surface area contributed by atoms with Crippen molar-refractivity contribution in [3.63, 3.8) is 0 Å². The third-order valence-electron chi connectivity index (χ3n) is 4.75. The van der Waals surface area contributed by atoms with Gasteiger partial charge in [0.25, 0.3) is 5.91 Å². The van der Waals surface area contributed by atoms with Crippen molar-refractivity contribution in [1.29, 1.82) is 0 Å². The van der Waals surface area contributed by atoms with Crippen LogP contribution in [0, 0.1) is 0 Å². The number of carbonyl (C=O) groups is 2. The molecule has 3 aromatic carbocycles. The molecule has 1 unspecified atom stereocenters. The van der Waals surface area contributed by atoms with Crippen LogP contribution in [0.25, 0.3) is 0 Å². The van der Waals surface area contributed by atoms with Crippen LogP contribution in [0.5, 0.6) is 11.5 Å². The van der Waals surface area contributed by atoms with Crippen LogP contribution in [0.1, 0.15) is 22.8 Å². The van der Waals surface area contributed by atoms with E-state index in [-0.39, 0.29) is 0 Å². The Hall–Kier alpha value is -4.46. The third-order valence-corrected chi connectivity index (χ3v) is 4.75. The first-order valence-corrected chi connectivity index (χ1v) is 10.3. The van der Waals surface area contributed by atoms with Crippen molar-refractivity contribution in [3.05, 3.63) is 103 Å². The number of esters is 1. The molecule has 166 valence electrons. The minimum Gasteiger partial charge on any atom is -0.457 e. The van der Waals surface area contributed by atoms with Crippen LogP contribution in [0.2, 0.25) is 0 Å². The van der Waals surface area contributed by atoms with Crippen molar-refractivity contribution in [2.45, 2.75) is 19.6 Å². The van der Waals surface area contributed by atoms with E-state index in [1.165, 1.54) is 13.3 Å². The molecule has 8 nitrogen and oxygen atoms in total. The summed E-state index contributed by atoms with van der Waals surface area (Å²) in [5.41, 5.74) is 1.89. The number of hydrogen-bond donors (Lipinski definition) is 1. The average molecular weight is 442 g/mol. The van der Waals surface area contributed by atoms with Crippen LogP contribution in [0.15, 0.2) is 91.5 Å². The van der Waals surface area contributed by atoms with Gasteiger partial charge >= 0.3 is 5.97 Å². The maximum atomic E-state index is 12.5. The van der Waals surface area contributed by atoms with Crippen molar-refractivity contribution < 1.29 is 19.1 Å². The fraction of sp³-hybridized carbons (Fsp3) is 0.120. The van der Waals surface area contributed by atoms with Gasteiger partial charge < -0.3 is 14.8 Å². The number of aromatic nitrogens is 3. The maximum Gasteiger partial charge on any atom is 0.338 e. The van der Waals surface area contributed by atoms with Crippen LogP contribution >= 0.6 is 0 Å². The lowest BCUT2D eigenvalue weighted by Crippen LogP contribution is -2.30. The third kappa shape index (κ3) is 6.04. The number of benzene rings is 3. The molecule has 0 saturated heterocycles. The van der Waals surface area contributed by atoms with Gasteiger partial charge in [-0.25, -0.2) is 14.5 Å². The molecule has 1 aromatic heterocycles. The molecule has 0 bridgehead atoms. The number of carbonyl (C=O) groups excluding carboxylic acids is 2. The summed E-state index contributed by atoms with van der Waals surface area (Å²) in [5.74, 6) is 0.367. The number of nitrogens with one attached hydrogen (secondary N) is 1. The largest absolute Gasteiger partial charge is 0.457 e. The number of para-hydroxylation sites is 1. The van der Waals surface area contributed by atoms with E-state index in [0.717, 1.165) is 11.3 Å². The summed E-state index contributed by atoms with van der Waals surface area (Å²) < 4.78 is 12.7. The minimum absolute atomic E-state index is 0.361. The minimum atomic E-state index is -0.965. The molecule has 0 spiro atoms. The van der Waals surface area contributed by atoms with Crippen LogP contribution in [0.4, 0.5) is 5.69 Å². The van der Waals surface area contributed by atoms with Crippen molar-refractivity contribution >= 4 is 17.6 Å². The molecule has 0 aliphatic carbocycles. The van der Waals surface area contributed by atoms with Crippen molar-refractivity contribution in [3.8, 4) is 11.5 Å². The molecule has 1 N–H and O–H groups in total. The predicted octanol–water partition coefficient (Wildman–Crippen LogP) is 4.30. The maximum absolute atomic E-state index is 12.5. The Bertz CT molecular complexity index is 1190. The highest BCUT2D eigenvalue weighted by Gasteiger charge is 2.19. The summed E-state index contributed by atoms with van der Waals surface area (Å²) in [6, 6.07) is 23.3. The van der Waals surface area contributed by atoms with Crippen molar-refractivity contribution in [2.24, 2.45) is 0 Å². The highest BCUT2D eigenvalue weighted by atomic mass is 16.5. The Morgan fingerprint density at radius 2 is 1.64 bits per heavy atom. The summed E-state index contributed by atoms with van der Waals surface area (Å²) in [6.45, 7) is 2.07. The van der Waals surface area contributed by atoms with E-state index in [9.17, 15) is 9.59 Å². The summed E-state index contributed by atoms with van der Waals surface area (Å²) in [5, 5.41) is 6.78. The zero-order valence-electron chi connectivity index (χ0n) is 17.9. The summed E-state index contributed by atoms with van der Waals surface area (Å²) >= 11 is 0. The number of amides is 1. The van der Waals surface area contributed by atoms with Gasteiger partial charge in [-0.1, -0.05) is 30.3 Å². The Kier molecular flexibility index (Phi) is 6.75. The Labute approximate surface area is 190 Å². The lowest BCUT2D eigenvalue weighted by Gasteiger charge is -2.14. The molecule has 1 atom stereocenters. The van der Waals surface area contributed by atoms with E-state index in [4.69, 9.17) is 9.47 Å². The summed E-state index contributed by atoms with van der Waals surface area (Å²) in [6.07, 6.45) is 2.12. The van der Waals surface area contributed by atoms with Gasteiger partial charge in [-0.05, 0) is 61.0 Å². The zero-order valence-corrected chi connectivity index (χ0v) is 17.9. The molecule has 0 radical (unpaired) electrons. The molecule has 33 heavy (non-hydrogen) atoms. The SMILES string of the molecule is CC(OC(=O)c1ccc(Cn2cncn2)cc1)C(=O)Nc1ccc(Oc2ccccc2)cc1. The quantitative estimate of drug-likeness (QED) is 0.409. The van der Waals surface area contributed by atoms with Gasteiger partial charge in [0.1, 0.15) is 24.2 Å². The number of nitrogens with zero attached hydrogens (tertiary/aromatic N) is 3. The zero-order chi connectivity index (χ0) is 23.0. The van der Waals surface area contributed by atoms with Crippen molar-refractivity contribution in [1.82, 2.24) is 14.8 Å². The second-order valence-corrected chi connectivity index (χ2v) is 7.27. The summed E-state index contributed by atoms with van der Waals surface area (Å²) in [7, 11) is 0. The van der Waals surface area contributed by atoms with Crippen LogP contribution in [-0.2, 0) is 16.1 Å². The smallest absolute Gasteiger partial charge is 0.338 e. The van der Waals surface area contributed by atoms with Gasteiger partial charge in [0, 0.05) is 5.69 Å². The van der Waals surface area contributed by atoms with Gasteiger partial charge in [0.2, 0.25) is 0 Å². The first kappa shape index (κ1) is 21.8. The van der Waals surface area contributed by atoms with Gasteiger partial charge in [-0.15, -0.1) is 0 Å². The first-order chi connectivity index (χ1) is 16.1. The molecule has 8 heteroatoms. The second kappa shape index (κ2) is 10.2. The molecule has 0 aliphatic rings. The van der Waals surface area contributed by atoms with E-state index in [0.29, 0.717) is 23.5 Å². The molecule has 4 aromatic rings. The average Bonchev–Trinajstić information content (AvgIpc) is 3.34. The van der Waals surface area contributed by atoms with Gasteiger partial charge in [0.15, 0.2) is 6.10 Å². The van der Waals surface area contributed by atoms with E-state index >= 15 is 0 Å². The van der Waals surface area contributed by atoms with Crippen molar-refractivity contribution in [2.75, 3.05) is 5.32 Å². The number of ether oxygens (including phenoxy) is 2. The molecule has 0 fully saturated rings. The lowest BCUT2D eigenvalue weighted by atomic mass is 10.1. The molecular formula is C25H22N4O4. The van der Waals surface area contributed by atoms with E-state index in [1.54, 1.807) is 47.4 Å². The fourth-order valence-electron chi connectivity index (χ4n) is 3.00. The van der Waals surface area contributed by atoms with Crippen LogP contribution < -0.4 is 10.1 Å². The topological polar surface area (TPSA) is 95.3 Å². The molecule has 1 heterocycles.